The van der Waals surface area contributed by atoms with Crippen molar-refractivity contribution in [3.63, 3.8) is 0 Å². The molecule has 0 aliphatic heterocycles. The molecule has 1 unspecified atom stereocenters. The van der Waals surface area contributed by atoms with Crippen LogP contribution in [0, 0.1) is 12.7 Å². The van der Waals surface area contributed by atoms with Gasteiger partial charge in [0.15, 0.2) is 0 Å². The minimum atomic E-state index is -0.160. The van der Waals surface area contributed by atoms with Gasteiger partial charge in [-0.2, -0.15) is 0 Å². The van der Waals surface area contributed by atoms with Crippen molar-refractivity contribution in [3.05, 3.63) is 35.1 Å². The summed E-state index contributed by atoms with van der Waals surface area (Å²) < 4.78 is 12.9. The second-order valence-electron chi connectivity index (χ2n) is 3.07. The number of nitrogens with one attached hydrogen (secondary N) is 1. The first-order chi connectivity index (χ1) is 5.63. The first kappa shape index (κ1) is 9.20. The monoisotopic (exact) mass is 167 g/mol. The van der Waals surface area contributed by atoms with Crippen molar-refractivity contribution in [2.75, 3.05) is 7.05 Å². The predicted octanol–water partition coefficient (Wildman–Crippen LogP) is 2.41. The van der Waals surface area contributed by atoms with Crippen LogP contribution in [0.25, 0.3) is 0 Å². The molecule has 1 atom stereocenters. The van der Waals surface area contributed by atoms with E-state index in [0.717, 1.165) is 11.1 Å². The Kier molecular flexibility index (Phi) is 2.82. The van der Waals surface area contributed by atoms with E-state index in [0.29, 0.717) is 0 Å². The summed E-state index contributed by atoms with van der Waals surface area (Å²) in [6.45, 7) is 3.91. The lowest BCUT2D eigenvalue weighted by atomic mass is 10.1. The van der Waals surface area contributed by atoms with Gasteiger partial charge in [-0.1, -0.05) is 6.07 Å². The largest absolute Gasteiger partial charge is 0.313 e. The maximum Gasteiger partial charge on any atom is 0.123 e. The van der Waals surface area contributed by atoms with Crippen LogP contribution in [0.1, 0.15) is 24.1 Å². The molecule has 1 N–H and O–H groups in total. The zero-order chi connectivity index (χ0) is 9.14. The van der Waals surface area contributed by atoms with E-state index in [1.165, 1.54) is 6.07 Å². The Hall–Kier alpha value is -0.890. The molecule has 1 rings (SSSR count). The van der Waals surface area contributed by atoms with Crippen molar-refractivity contribution >= 4 is 0 Å². The zero-order valence-corrected chi connectivity index (χ0v) is 7.69. The standard InChI is InChI=1S/C10H14FN/c1-7-4-9(8(2)12-3)6-10(11)5-7/h4-6,8,12H,1-3H3. The van der Waals surface area contributed by atoms with E-state index in [4.69, 9.17) is 0 Å². The molecule has 1 nitrogen and oxygen atoms in total. The third-order valence-corrected chi connectivity index (χ3v) is 2.00. The maximum absolute atomic E-state index is 12.9. The molecule has 1 aromatic rings. The first-order valence-electron chi connectivity index (χ1n) is 4.08. The van der Waals surface area contributed by atoms with E-state index in [-0.39, 0.29) is 11.9 Å². The summed E-state index contributed by atoms with van der Waals surface area (Å²) in [7, 11) is 1.87. The lowest BCUT2D eigenvalue weighted by Gasteiger charge is -2.11. The van der Waals surface area contributed by atoms with Crippen LogP contribution in [0.15, 0.2) is 18.2 Å². The third-order valence-electron chi connectivity index (χ3n) is 2.00. The third kappa shape index (κ3) is 2.05. The average molecular weight is 167 g/mol. The zero-order valence-electron chi connectivity index (χ0n) is 7.69. The van der Waals surface area contributed by atoms with Gasteiger partial charge in [-0.05, 0) is 44.2 Å². The van der Waals surface area contributed by atoms with Crippen LogP contribution < -0.4 is 5.32 Å². The van der Waals surface area contributed by atoms with Gasteiger partial charge in [-0.3, -0.25) is 0 Å². The molecule has 0 spiro atoms. The minimum Gasteiger partial charge on any atom is -0.313 e. The Morgan fingerprint density at radius 3 is 2.50 bits per heavy atom. The molecule has 0 radical (unpaired) electrons. The summed E-state index contributed by atoms with van der Waals surface area (Å²) in [5, 5.41) is 3.07. The quantitative estimate of drug-likeness (QED) is 0.713. The fraction of sp³-hybridized carbons (Fsp3) is 0.400. The summed E-state index contributed by atoms with van der Waals surface area (Å²) in [5.74, 6) is -0.160. The summed E-state index contributed by atoms with van der Waals surface area (Å²) >= 11 is 0. The number of aryl methyl sites for hydroxylation is 1. The fourth-order valence-electron chi connectivity index (χ4n) is 1.18. The molecule has 0 saturated carbocycles. The smallest absolute Gasteiger partial charge is 0.123 e. The molecule has 0 heterocycles. The molecule has 2 heteroatoms. The Balaban J connectivity index is 3.00. The predicted molar refractivity (Wildman–Crippen MR) is 48.6 cm³/mol. The molecule has 66 valence electrons. The van der Waals surface area contributed by atoms with E-state index >= 15 is 0 Å². The molecule has 0 saturated heterocycles. The Morgan fingerprint density at radius 2 is 2.00 bits per heavy atom. The Morgan fingerprint density at radius 1 is 1.33 bits per heavy atom. The van der Waals surface area contributed by atoms with Crippen LogP contribution in [0.2, 0.25) is 0 Å². The number of hydrogen-bond acceptors (Lipinski definition) is 1. The van der Waals surface area contributed by atoms with E-state index < -0.39 is 0 Å². The van der Waals surface area contributed by atoms with Crippen LogP contribution in [0.5, 0.6) is 0 Å². The fourth-order valence-corrected chi connectivity index (χ4v) is 1.18. The number of halogens is 1. The maximum atomic E-state index is 12.9. The van der Waals surface area contributed by atoms with Gasteiger partial charge in [0.1, 0.15) is 5.82 Å². The summed E-state index contributed by atoms with van der Waals surface area (Å²) in [5.41, 5.74) is 1.96. The molecule has 0 fully saturated rings. The van der Waals surface area contributed by atoms with Crippen LogP contribution in [-0.4, -0.2) is 7.05 Å². The van der Waals surface area contributed by atoms with Gasteiger partial charge in [0.2, 0.25) is 0 Å². The van der Waals surface area contributed by atoms with Gasteiger partial charge in [0, 0.05) is 6.04 Å². The summed E-state index contributed by atoms with van der Waals surface area (Å²) in [6, 6.07) is 5.30. The van der Waals surface area contributed by atoms with Crippen molar-refractivity contribution in [1.29, 1.82) is 0 Å². The van der Waals surface area contributed by atoms with Crippen molar-refractivity contribution in [2.24, 2.45) is 0 Å². The highest BCUT2D eigenvalue weighted by atomic mass is 19.1. The van der Waals surface area contributed by atoms with Crippen molar-refractivity contribution in [1.82, 2.24) is 5.32 Å². The van der Waals surface area contributed by atoms with Gasteiger partial charge in [0.25, 0.3) is 0 Å². The molecule has 0 aliphatic carbocycles. The molecule has 0 bridgehead atoms. The number of hydrogen-bond donors (Lipinski definition) is 1. The summed E-state index contributed by atoms with van der Waals surface area (Å²) in [4.78, 5) is 0. The van der Waals surface area contributed by atoms with Crippen LogP contribution in [0.3, 0.4) is 0 Å². The van der Waals surface area contributed by atoms with Crippen molar-refractivity contribution < 1.29 is 4.39 Å². The van der Waals surface area contributed by atoms with Crippen LogP contribution >= 0.6 is 0 Å². The lowest BCUT2D eigenvalue weighted by Crippen LogP contribution is -2.12. The van der Waals surface area contributed by atoms with E-state index in [2.05, 4.69) is 5.32 Å². The molecule has 0 amide bonds. The molecule has 0 aromatic heterocycles. The van der Waals surface area contributed by atoms with Gasteiger partial charge in [0.05, 0.1) is 0 Å². The van der Waals surface area contributed by atoms with E-state index in [9.17, 15) is 4.39 Å². The van der Waals surface area contributed by atoms with Crippen LogP contribution in [-0.2, 0) is 0 Å². The van der Waals surface area contributed by atoms with Crippen molar-refractivity contribution in [3.8, 4) is 0 Å². The highest BCUT2D eigenvalue weighted by Crippen LogP contribution is 2.15. The highest BCUT2D eigenvalue weighted by molar-refractivity contribution is 5.25. The number of benzene rings is 1. The second kappa shape index (κ2) is 3.68. The average Bonchev–Trinajstić information content (AvgIpc) is 2.01. The van der Waals surface area contributed by atoms with E-state index in [1.54, 1.807) is 6.07 Å². The molecule has 1 aromatic carbocycles. The van der Waals surface area contributed by atoms with Crippen molar-refractivity contribution in [2.45, 2.75) is 19.9 Å². The highest BCUT2D eigenvalue weighted by Gasteiger charge is 2.03. The molecular weight excluding hydrogens is 153 g/mol. The second-order valence-corrected chi connectivity index (χ2v) is 3.07. The summed E-state index contributed by atoms with van der Waals surface area (Å²) in [6.07, 6.45) is 0. The molecule has 12 heavy (non-hydrogen) atoms. The van der Waals surface area contributed by atoms with Crippen LogP contribution in [0.4, 0.5) is 4.39 Å². The minimum absolute atomic E-state index is 0.160. The van der Waals surface area contributed by atoms with Gasteiger partial charge < -0.3 is 5.32 Å². The molecule has 0 aliphatic rings. The topological polar surface area (TPSA) is 12.0 Å². The van der Waals surface area contributed by atoms with Gasteiger partial charge in [-0.25, -0.2) is 4.39 Å². The number of rotatable bonds is 2. The molecular formula is C10H14FN. The first-order valence-corrected chi connectivity index (χ1v) is 4.08. The Labute approximate surface area is 72.6 Å². The normalized spacial score (nSPS) is 13.0. The van der Waals surface area contributed by atoms with E-state index in [1.807, 2.05) is 27.0 Å². The van der Waals surface area contributed by atoms with Gasteiger partial charge >= 0.3 is 0 Å². The SMILES string of the molecule is CNC(C)c1cc(C)cc(F)c1. The lowest BCUT2D eigenvalue weighted by molar-refractivity contribution is 0.607. The Bertz CT molecular complexity index is 250. The van der Waals surface area contributed by atoms with Gasteiger partial charge in [-0.15, -0.1) is 0 Å².